The lowest BCUT2D eigenvalue weighted by molar-refractivity contribution is -0.130. The Morgan fingerprint density at radius 2 is 2.27 bits per heavy atom. The van der Waals surface area contributed by atoms with Gasteiger partial charge in [0.05, 0.1) is 6.10 Å². The SMILES string of the molecule is C=CCCC(=O)N1CC2CCC(O)C2C1. The fourth-order valence-corrected chi connectivity index (χ4v) is 2.82. The Hall–Kier alpha value is -0.830. The lowest BCUT2D eigenvalue weighted by Crippen LogP contribution is -2.30. The summed E-state index contributed by atoms with van der Waals surface area (Å²) in [5, 5.41) is 9.72. The largest absolute Gasteiger partial charge is 0.393 e. The third kappa shape index (κ3) is 2.07. The van der Waals surface area contributed by atoms with E-state index in [1.54, 1.807) is 6.08 Å². The predicted molar refractivity (Wildman–Crippen MR) is 58.2 cm³/mol. The van der Waals surface area contributed by atoms with Crippen molar-refractivity contribution in [1.82, 2.24) is 4.90 Å². The van der Waals surface area contributed by atoms with Gasteiger partial charge in [0.15, 0.2) is 0 Å². The molecular formula is C12H19NO2. The first-order valence-electron chi connectivity index (χ1n) is 5.79. The molecule has 3 heteroatoms. The smallest absolute Gasteiger partial charge is 0.222 e. The Morgan fingerprint density at radius 3 is 2.93 bits per heavy atom. The number of amides is 1. The molecule has 15 heavy (non-hydrogen) atoms. The van der Waals surface area contributed by atoms with Gasteiger partial charge in [-0.3, -0.25) is 4.79 Å². The molecule has 3 unspecified atom stereocenters. The zero-order chi connectivity index (χ0) is 10.8. The van der Waals surface area contributed by atoms with Gasteiger partial charge < -0.3 is 10.0 Å². The Labute approximate surface area is 90.8 Å². The maximum atomic E-state index is 11.7. The summed E-state index contributed by atoms with van der Waals surface area (Å²) in [6.45, 7) is 5.24. The summed E-state index contributed by atoms with van der Waals surface area (Å²) in [6.07, 6.45) is 4.93. The number of fused-ring (bicyclic) bond motifs is 1. The Morgan fingerprint density at radius 1 is 1.47 bits per heavy atom. The number of likely N-dealkylation sites (tertiary alicyclic amines) is 1. The van der Waals surface area contributed by atoms with Crippen LogP contribution in [-0.4, -0.2) is 35.1 Å². The molecule has 0 spiro atoms. The molecule has 1 heterocycles. The van der Waals surface area contributed by atoms with Crippen LogP contribution in [0.4, 0.5) is 0 Å². The van der Waals surface area contributed by atoms with Gasteiger partial charge in [0.2, 0.25) is 5.91 Å². The molecule has 3 nitrogen and oxygen atoms in total. The molecule has 0 aromatic rings. The highest BCUT2D eigenvalue weighted by molar-refractivity contribution is 5.76. The highest BCUT2D eigenvalue weighted by Crippen LogP contribution is 2.38. The van der Waals surface area contributed by atoms with Crippen molar-refractivity contribution < 1.29 is 9.90 Å². The number of aliphatic hydroxyl groups excluding tert-OH is 1. The van der Waals surface area contributed by atoms with Crippen molar-refractivity contribution in [1.29, 1.82) is 0 Å². The predicted octanol–water partition coefficient (Wildman–Crippen LogP) is 1.18. The first-order chi connectivity index (χ1) is 7.22. The van der Waals surface area contributed by atoms with Gasteiger partial charge >= 0.3 is 0 Å². The number of aliphatic hydroxyl groups is 1. The first kappa shape index (κ1) is 10.7. The number of rotatable bonds is 3. The van der Waals surface area contributed by atoms with Gasteiger partial charge in [-0.2, -0.15) is 0 Å². The van der Waals surface area contributed by atoms with Gasteiger partial charge in [-0.05, 0) is 25.2 Å². The van der Waals surface area contributed by atoms with Crippen LogP contribution in [0.25, 0.3) is 0 Å². The van der Waals surface area contributed by atoms with E-state index in [9.17, 15) is 9.90 Å². The molecule has 1 aliphatic heterocycles. The van der Waals surface area contributed by atoms with E-state index in [0.717, 1.165) is 32.4 Å². The van der Waals surface area contributed by atoms with Crippen molar-refractivity contribution in [2.24, 2.45) is 11.8 Å². The molecule has 2 fully saturated rings. The van der Waals surface area contributed by atoms with Crippen molar-refractivity contribution >= 4 is 5.91 Å². The molecule has 1 N–H and O–H groups in total. The van der Waals surface area contributed by atoms with Gasteiger partial charge in [-0.25, -0.2) is 0 Å². The number of hydrogen-bond donors (Lipinski definition) is 1. The second-order valence-electron chi connectivity index (χ2n) is 4.69. The van der Waals surface area contributed by atoms with Gasteiger partial charge in [0.25, 0.3) is 0 Å². The van der Waals surface area contributed by atoms with E-state index in [-0.39, 0.29) is 12.0 Å². The molecule has 1 saturated carbocycles. The molecule has 0 bridgehead atoms. The minimum absolute atomic E-state index is 0.174. The van der Waals surface area contributed by atoms with E-state index in [4.69, 9.17) is 0 Å². The maximum Gasteiger partial charge on any atom is 0.222 e. The van der Waals surface area contributed by atoms with Gasteiger partial charge in [-0.1, -0.05) is 6.08 Å². The number of nitrogens with zero attached hydrogens (tertiary/aromatic N) is 1. The van der Waals surface area contributed by atoms with Crippen LogP contribution < -0.4 is 0 Å². The van der Waals surface area contributed by atoms with Crippen LogP contribution in [0.15, 0.2) is 12.7 Å². The number of carbonyl (C=O) groups excluding carboxylic acids is 1. The summed E-state index contributed by atoms with van der Waals surface area (Å²) < 4.78 is 0. The lowest BCUT2D eigenvalue weighted by Gasteiger charge is -2.17. The van der Waals surface area contributed by atoms with Crippen molar-refractivity contribution in [2.45, 2.75) is 31.8 Å². The molecule has 2 rings (SSSR count). The van der Waals surface area contributed by atoms with Crippen LogP contribution in [0, 0.1) is 11.8 Å². The average Bonchev–Trinajstić information content (AvgIpc) is 2.78. The molecule has 3 atom stereocenters. The highest BCUT2D eigenvalue weighted by atomic mass is 16.3. The number of allylic oxidation sites excluding steroid dienone is 1. The summed E-state index contributed by atoms with van der Waals surface area (Å²) >= 11 is 0. The minimum Gasteiger partial charge on any atom is -0.393 e. The van der Waals surface area contributed by atoms with Crippen LogP contribution >= 0.6 is 0 Å². The van der Waals surface area contributed by atoms with Crippen LogP contribution in [0.2, 0.25) is 0 Å². The van der Waals surface area contributed by atoms with E-state index in [0.29, 0.717) is 18.3 Å². The summed E-state index contributed by atoms with van der Waals surface area (Å²) in [5.41, 5.74) is 0. The van der Waals surface area contributed by atoms with Crippen molar-refractivity contribution in [2.75, 3.05) is 13.1 Å². The Balaban J connectivity index is 1.87. The molecule has 1 amide bonds. The minimum atomic E-state index is -0.174. The zero-order valence-corrected chi connectivity index (χ0v) is 9.06. The van der Waals surface area contributed by atoms with E-state index in [1.165, 1.54) is 0 Å². The molecule has 2 aliphatic rings. The topological polar surface area (TPSA) is 40.5 Å². The fourth-order valence-electron chi connectivity index (χ4n) is 2.82. The highest BCUT2D eigenvalue weighted by Gasteiger charge is 2.42. The summed E-state index contributed by atoms with van der Waals surface area (Å²) in [4.78, 5) is 13.7. The number of hydrogen-bond acceptors (Lipinski definition) is 2. The maximum absolute atomic E-state index is 11.7. The zero-order valence-electron chi connectivity index (χ0n) is 9.06. The quantitative estimate of drug-likeness (QED) is 0.709. The molecule has 0 aromatic heterocycles. The molecule has 0 radical (unpaired) electrons. The van der Waals surface area contributed by atoms with Crippen LogP contribution in [0.5, 0.6) is 0 Å². The standard InChI is InChI=1S/C12H19NO2/c1-2-3-4-12(15)13-7-9-5-6-11(14)10(9)8-13/h2,9-11,14H,1,3-8H2. The van der Waals surface area contributed by atoms with E-state index in [2.05, 4.69) is 6.58 Å². The third-order valence-electron chi connectivity index (χ3n) is 3.73. The third-order valence-corrected chi connectivity index (χ3v) is 3.73. The molecule has 1 aliphatic carbocycles. The average molecular weight is 209 g/mol. The normalized spacial score (nSPS) is 34.2. The second kappa shape index (κ2) is 4.35. The van der Waals surface area contributed by atoms with Gasteiger partial charge in [0.1, 0.15) is 0 Å². The molecule has 84 valence electrons. The first-order valence-corrected chi connectivity index (χ1v) is 5.79. The van der Waals surface area contributed by atoms with Crippen LogP contribution in [-0.2, 0) is 4.79 Å². The van der Waals surface area contributed by atoms with Crippen molar-refractivity contribution in [3.63, 3.8) is 0 Å². The number of carbonyl (C=O) groups is 1. The van der Waals surface area contributed by atoms with E-state index >= 15 is 0 Å². The molecule has 0 aromatic carbocycles. The van der Waals surface area contributed by atoms with Crippen LogP contribution in [0.1, 0.15) is 25.7 Å². The van der Waals surface area contributed by atoms with Crippen molar-refractivity contribution in [3.8, 4) is 0 Å². The van der Waals surface area contributed by atoms with Gasteiger partial charge in [0, 0.05) is 25.4 Å². The summed E-state index contributed by atoms with van der Waals surface area (Å²) in [6, 6.07) is 0. The molecule has 1 saturated heterocycles. The Kier molecular flexibility index (Phi) is 3.10. The monoisotopic (exact) mass is 209 g/mol. The summed E-state index contributed by atoms with van der Waals surface area (Å²) in [7, 11) is 0. The van der Waals surface area contributed by atoms with Crippen molar-refractivity contribution in [3.05, 3.63) is 12.7 Å². The fraction of sp³-hybridized carbons (Fsp3) is 0.750. The van der Waals surface area contributed by atoms with E-state index in [1.807, 2.05) is 4.90 Å². The summed E-state index contributed by atoms with van der Waals surface area (Å²) in [5.74, 6) is 1.11. The second-order valence-corrected chi connectivity index (χ2v) is 4.69. The lowest BCUT2D eigenvalue weighted by atomic mass is 10.00. The Bertz CT molecular complexity index is 264. The van der Waals surface area contributed by atoms with Gasteiger partial charge in [-0.15, -0.1) is 6.58 Å². The molecular weight excluding hydrogens is 190 g/mol. The van der Waals surface area contributed by atoms with Crippen LogP contribution in [0.3, 0.4) is 0 Å². The van der Waals surface area contributed by atoms with E-state index < -0.39 is 0 Å².